The zero-order valence-electron chi connectivity index (χ0n) is 12.7. The van der Waals surface area contributed by atoms with Gasteiger partial charge < -0.3 is 5.73 Å². The van der Waals surface area contributed by atoms with E-state index >= 15 is 0 Å². The number of nitrogens with zero attached hydrogens (tertiary/aromatic N) is 1. The minimum atomic E-state index is 0.00571. The van der Waals surface area contributed by atoms with Crippen molar-refractivity contribution in [3.05, 3.63) is 63.7 Å². The smallest absolute Gasteiger partial charge is 0.0957 e. The van der Waals surface area contributed by atoms with Crippen LogP contribution in [0.25, 0.3) is 10.2 Å². The maximum atomic E-state index is 6.47. The standard InChI is InChI=1S/C18H20N2S/c1-11-8-12(2)18(13(3)9-11)14(19)10-17-20-15-6-4-5-7-16(15)21-17/h4-9,14H,10,19H2,1-3H3. The van der Waals surface area contributed by atoms with Gasteiger partial charge in [-0.1, -0.05) is 29.8 Å². The van der Waals surface area contributed by atoms with Crippen LogP contribution in [0.1, 0.15) is 33.3 Å². The van der Waals surface area contributed by atoms with Gasteiger partial charge in [-0.05, 0) is 49.6 Å². The molecule has 2 nitrogen and oxygen atoms in total. The first-order valence-corrected chi connectivity index (χ1v) is 8.04. The van der Waals surface area contributed by atoms with Crippen LogP contribution >= 0.6 is 11.3 Å². The molecule has 3 aromatic rings. The van der Waals surface area contributed by atoms with Crippen molar-refractivity contribution in [3.63, 3.8) is 0 Å². The van der Waals surface area contributed by atoms with Crippen LogP contribution in [0.2, 0.25) is 0 Å². The van der Waals surface area contributed by atoms with Crippen LogP contribution in [-0.4, -0.2) is 4.98 Å². The van der Waals surface area contributed by atoms with Gasteiger partial charge in [-0.2, -0.15) is 0 Å². The van der Waals surface area contributed by atoms with Gasteiger partial charge in [0, 0.05) is 12.5 Å². The first-order chi connectivity index (χ1) is 10.0. The van der Waals surface area contributed by atoms with Crippen LogP contribution in [-0.2, 0) is 6.42 Å². The minimum absolute atomic E-state index is 0.00571. The molecule has 1 atom stereocenters. The largest absolute Gasteiger partial charge is 0.324 e. The Kier molecular flexibility index (Phi) is 3.79. The molecule has 0 aliphatic rings. The third-order valence-corrected chi connectivity index (χ3v) is 4.90. The first kappa shape index (κ1) is 14.2. The van der Waals surface area contributed by atoms with Crippen molar-refractivity contribution >= 4 is 21.6 Å². The highest BCUT2D eigenvalue weighted by Gasteiger charge is 2.15. The van der Waals surface area contributed by atoms with E-state index in [1.165, 1.54) is 27.0 Å². The van der Waals surface area contributed by atoms with Gasteiger partial charge in [-0.25, -0.2) is 4.98 Å². The second kappa shape index (κ2) is 5.58. The molecule has 0 aliphatic carbocycles. The Bertz CT molecular complexity index is 733. The number of hydrogen-bond donors (Lipinski definition) is 1. The van der Waals surface area contributed by atoms with Crippen molar-refractivity contribution in [1.82, 2.24) is 4.98 Å². The van der Waals surface area contributed by atoms with Crippen LogP contribution in [0.4, 0.5) is 0 Å². The van der Waals surface area contributed by atoms with Crippen molar-refractivity contribution in [1.29, 1.82) is 0 Å². The second-order valence-electron chi connectivity index (χ2n) is 5.70. The van der Waals surface area contributed by atoms with E-state index in [1.807, 2.05) is 6.07 Å². The van der Waals surface area contributed by atoms with E-state index in [0.29, 0.717) is 0 Å². The molecule has 1 unspecified atom stereocenters. The molecule has 1 aromatic heterocycles. The monoisotopic (exact) mass is 296 g/mol. The summed E-state index contributed by atoms with van der Waals surface area (Å²) in [5.41, 5.74) is 12.7. The van der Waals surface area contributed by atoms with Crippen molar-refractivity contribution in [2.45, 2.75) is 33.2 Å². The van der Waals surface area contributed by atoms with Gasteiger partial charge in [0.05, 0.1) is 15.2 Å². The average Bonchev–Trinajstić information content (AvgIpc) is 2.79. The molecular weight excluding hydrogens is 276 g/mol. The van der Waals surface area contributed by atoms with Gasteiger partial charge in [0.25, 0.3) is 0 Å². The Morgan fingerprint density at radius 3 is 2.43 bits per heavy atom. The maximum absolute atomic E-state index is 6.47. The highest BCUT2D eigenvalue weighted by atomic mass is 32.1. The molecule has 2 N–H and O–H groups in total. The van der Waals surface area contributed by atoms with Gasteiger partial charge in [-0.15, -0.1) is 11.3 Å². The zero-order chi connectivity index (χ0) is 15.0. The number of hydrogen-bond acceptors (Lipinski definition) is 3. The van der Waals surface area contributed by atoms with Crippen LogP contribution in [0.15, 0.2) is 36.4 Å². The molecular formula is C18H20N2S. The molecule has 1 heterocycles. The van der Waals surface area contributed by atoms with Gasteiger partial charge in [-0.3, -0.25) is 0 Å². The normalized spacial score (nSPS) is 12.8. The number of rotatable bonds is 3. The van der Waals surface area contributed by atoms with Gasteiger partial charge in [0.15, 0.2) is 0 Å². The fourth-order valence-corrected chi connectivity index (χ4v) is 4.10. The number of aryl methyl sites for hydroxylation is 3. The lowest BCUT2D eigenvalue weighted by Crippen LogP contribution is -2.16. The summed E-state index contributed by atoms with van der Waals surface area (Å²) in [4.78, 5) is 4.69. The predicted molar refractivity (Wildman–Crippen MR) is 90.9 cm³/mol. The summed E-state index contributed by atoms with van der Waals surface area (Å²) in [5.74, 6) is 0. The molecule has 0 bridgehead atoms. The highest BCUT2D eigenvalue weighted by Crippen LogP contribution is 2.28. The third kappa shape index (κ3) is 2.85. The quantitative estimate of drug-likeness (QED) is 0.774. The lowest BCUT2D eigenvalue weighted by Gasteiger charge is -2.17. The third-order valence-electron chi connectivity index (χ3n) is 3.84. The Morgan fingerprint density at radius 1 is 1.10 bits per heavy atom. The second-order valence-corrected chi connectivity index (χ2v) is 6.81. The van der Waals surface area contributed by atoms with E-state index in [-0.39, 0.29) is 6.04 Å². The number of benzene rings is 2. The Morgan fingerprint density at radius 2 is 1.76 bits per heavy atom. The summed E-state index contributed by atoms with van der Waals surface area (Å²) in [6, 6.07) is 12.7. The predicted octanol–water partition coefficient (Wildman–Crippen LogP) is 4.46. The van der Waals surface area contributed by atoms with Crippen LogP contribution < -0.4 is 5.73 Å². The molecule has 0 amide bonds. The minimum Gasteiger partial charge on any atom is -0.324 e. The summed E-state index contributed by atoms with van der Waals surface area (Å²) < 4.78 is 1.23. The van der Waals surface area contributed by atoms with Crippen molar-refractivity contribution in [3.8, 4) is 0 Å². The Labute approximate surface area is 129 Å². The number of fused-ring (bicyclic) bond motifs is 1. The van der Waals surface area contributed by atoms with E-state index in [9.17, 15) is 0 Å². The SMILES string of the molecule is Cc1cc(C)c(C(N)Cc2nc3ccccc3s2)c(C)c1. The molecule has 108 valence electrons. The summed E-state index contributed by atoms with van der Waals surface area (Å²) in [6.45, 7) is 6.42. The van der Waals surface area contributed by atoms with E-state index in [4.69, 9.17) is 10.7 Å². The molecule has 0 aliphatic heterocycles. The Hall–Kier alpha value is -1.71. The van der Waals surface area contributed by atoms with Crippen LogP contribution in [0.3, 0.4) is 0 Å². The number of thiazole rings is 1. The Balaban J connectivity index is 1.91. The molecule has 0 spiro atoms. The average molecular weight is 296 g/mol. The van der Waals surface area contributed by atoms with Gasteiger partial charge in [0.2, 0.25) is 0 Å². The molecule has 0 fully saturated rings. The summed E-state index contributed by atoms with van der Waals surface area (Å²) >= 11 is 1.74. The van der Waals surface area contributed by atoms with Gasteiger partial charge >= 0.3 is 0 Å². The summed E-state index contributed by atoms with van der Waals surface area (Å²) in [7, 11) is 0. The number of aromatic nitrogens is 1. The fraction of sp³-hybridized carbons (Fsp3) is 0.278. The molecule has 21 heavy (non-hydrogen) atoms. The van der Waals surface area contributed by atoms with Crippen molar-refractivity contribution < 1.29 is 0 Å². The molecule has 0 radical (unpaired) electrons. The topological polar surface area (TPSA) is 38.9 Å². The van der Waals surface area contributed by atoms with Gasteiger partial charge in [0.1, 0.15) is 0 Å². The molecule has 2 aromatic carbocycles. The summed E-state index contributed by atoms with van der Waals surface area (Å²) in [5, 5.41) is 1.11. The lowest BCUT2D eigenvalue weighted by atomic mass is 9.93. The molecule has 3 heteroatoms. The fourth-order valence-electron chi connectivity index (χ4n) is 3.07. The van der Waals surface area contributed by atoms with Crippen molar-refractivity contribution in [2.75, 3.05) is 0 Å². The maximum Gasteiger partial charge on any atom is 0.0957 e. The first-order valence-electron chi connectivity index (χ1n) is 7.22. The van der Waals surface area contributed by atoms with Crippen molar-refractivity contribution in [2.24, 2.45) is 5.73 Å². The number of nitrogens with two attached hydrogens (primary N) is 1. The lowest BCUT2D eigenvalue weighted by molar-refractivity contribution is 0.708. The van der Waals surface area contributed by atoms with E-state index < -0.39 is 0 Å². The number of para-hydroxylation sites is 1. The van der Waals surface area contributed by atoms with E-state index in [1.54, 1.807) is 11.3 Å². The van der Waals surface area contributed by atoms with E-state index in [2.05, 4.69) is 51.1 Å². The molecule has 0 saturated heterocycles. The zero-order valence-corrected chi connectivity index (χ0v) is 13.5. The molecule has 3 rings (SSSR count). The summed E-state index contributed by atoms with van der Waals surface area (Å²) in [6.07, 6.45) is 0.796. The molecule has 0 saturated carbocycles. The van der Waals surface area contributed by atoms with Crippen LogP contribution in [0.5, 0.6) is 0 Å². The van der Waals surface area contributed by atoms with E-state index in [0.717, 1.165) is 16.9 Å². The highest BCUT2D eigenvalue weighted by molar-refractivity contribution is 7.18. The van der Waals surface area contributed by atoms with Crippen LogP contribution in [0, 0.1) is 20.8 Å².